The number of hydrogen-bond acceptors (Lipinski definition) is 5. The lowest BCUT2D eigenvalue weighted by atomic mass is 10.1. The van der Waals surface area contributed by atoms with Crippen LogP contribution in [0.5, 0.6) is 5.75 Å². The maximum Gasteiger partial charge on any atom is 0.224 e. The van der Waals surface area contributed by atoms with Crippen LogP contribution in [0.4, 0.5) is 17.5 Å². The van der Waals surface area contributed by atoms with Crippen molar-refractivity contribution < 1.29 is 4.74 Å². The highest BCUT2D eigenvalue weighted by atomic mass is 16.5. The molecule has 0 aliphatic rings. The van der Waals surface area contributed by atoms with Crippen LogP contribution in [-0.4, -0.2) is 33.2 Å². The largest absolute Gasteiger partial charge is 0.497 e. The molecule has 0 saturated heterocycles. The lowest BCUT2D eigenvalue weighted by Crippen LogP contribution is -2.09. The summed E-state index contributed by atoms with van der Waals surface area (Å²) in [5.74, 6) is 2.25. The maximum absolute atomic E-state index is 5.37. The molecule has 33 heavy (non-hydrogen) atoms. The van der Waals surface area contributed by atoms with Gasteiger partial charge in [-0.1, -0.05) is 0 Å². The van der Waals surface area contributed by atoms with Crippen LogP contribution in [0.15, 0.2) is 54.7 Å². The molecule has 0 amide bonds. The van der Waals surface area contributed by atoms with Crippen molar-refractivity contribution in [2.45, 2.75) is 20.3 Å². The predicted molar refractivity (Wildman–Crippen MR) is 135 cm³/mol. The molecule has 5 aromatic rings. The van der Waals surface area contributed by atoms with Crippen molar-refractivity contribution >= 4 is 39.3 Å². The zero-order valence-electron chi connectivity index (χ0n) is 19.4. The van der Waals surface area contributed by atoms with Crippen molar-refractivity contribution in [3.63, 3.8) is 0 Å². The third-order valence-corrected chi connectivity index (χ3v) is 6.06. The topological polar surface area (TPSA) is 79.8 Å². The molecule has 0 fully saturated rings. The maximum atomic E-state index is 5.37. The van der Waals surface area contributed by atoms with Gasteiger partial charge in [0.1, 0.15) is 11.6 Å². The van der Waals surface area contributed by atoms with Gasteiger partial charge < -0.3 is 24.9 Å². The van der Waals surface area contributed by atoms with E-state index in [9.17, 15) is 0 Å². The van der Waals surface area contributed by atoms with Gasteiger partial charge in [-0.3, -0.25) is 0 Å². The fourth-order valence-corrected chi connectivity index (χ4v) is 4.23. The zero-order valence-corrected chi connectivity index (χ0v) is 19.4. The van der Waals surface area contributed by atoms with Gasteiger partial charge in [-0.25, -0.2) is 4.98 Å². The minimum Gasteiger partial charge on any atom is -0.497 e. The Morgan fingerprint density at radius 1 is 1.03 bits per heavy atom. The average Bonchev–Trinajstić information content (AvgIpc) is 3.33. The average molecular weight is 441 g/mol. The highest BCUT2D eigenvalue weighted by Gasteiger charge is 2.08. The smallest absolute Gasteiger partial charge is 0.224 e. The van der Waals surface area contributed by atoms with E-state index in [0.29, 0.717) is 5.95 Å². The predicted octanol–water partition coefficient (Wildman–Crippen LogP) is 5.47. The Morgan fingerprint density at radius 3 is 2.76 bits per heavy atom. The molecule has 3 aromatic heterocycles. The summed E-state index contributed by atoms with van der Waals surface area (Å²) in [6.07, 6.45) is 2.90. The number of nitrogens with zero attached hydrogens (tertiary/aromatic N) is 3. The Hall–Kier alpha value is -4.00. The number of fused-ring (bicyclic) bond motifs is 2. The summed E-state index contributed by atoms with van der Waals surface area (Å²) in [6, 6.07) is 16.6. The van der Waals surface area contributed by atoms with E-state index in [-0.39, 0.29) is 0 Å². The molecule has 3 N–H and O–H groups in total. The fraction of sp³-hybridized carbons (Fsp3) is 0.231. The van der Waals surface area contributed by atoms with E-state index < -0.39 is 0 Å². The molecule has 0 aliphatic heterocycles. The molecule has 0 radical (unpaired) electrons. The fourth-order valence-electron chi connectivity index (χ4n) is 4.23. The number of H-pyrrole nitrogens is 1. The Morgan fingerprint density at radius 2 is 1.91 bits per heavy atom. The monoisotopic (exact) mass is 440 g/mol. The van der Waals surface area contributed by atoms with Gasteiger partial charge in [0.05, 0.1) is 7.11 Å². The number of ether oxygens (including phenoxy) is 1. The number of nitrogens with one attached hydrogen (secondary N) is 3. The molecule has 0 aliphatic carbocycles. The summed E-state index contributed by atoms with van der Waals surface area (Å²) in [4.78, 5) is 12.6. The van der Waals surface area contributed by atoms with Crippen LogP contribution in [0, 0.1) is 13.8 Å². The first-order chi connectivity index (χ1) is 16.0. The summed E-state index contributed by atoms with van der Waals surface area (Å²) >= 11 is 0. The van der Waals surface area contributed by atoms with Crippen LogP contribution >= 0.6 is 0 Å². The molecule has 7 heteroatoms. The molecule has 0 unspecified atom stereocenters. The van der Waals surface area contributed by atoms with Crippen LogP contribution in [-0.2, 0) is 13.5 Å². The van der Waals surface area contributed by atoms with Crippen LogP contribution in [0.3, 0.4) is 0 Å². The number of aromatic amines is 1. The highest BCUT2D eigenvalue weighted by molar-refractivity contribution is 5.86. The molecule has 0 atom stereocenters. The molecular formula is C26H28N6O. The first-order valence-electron chi connectivity index (χ1n) is 11.1. The first-order valence-corrected chi connectivity index (χ1v) is 11.1. The first kappa shape index (κ1) is 20.9. The Bertz CT molecular complexity index is 1450. The summed E-state index contributed by atoms with van der Waals surface area (Å²) < 4.78 is 7.56. The minimum atomic E-state index is 0.617. The Balaban J connectivity index is 1.29. The third kappa shape index (κ3) is 4.22. The van der Waals surface area contributed by atoms with Crippen molar-refractivity contribution in [3.05, 3.63) is 71.7 Å². The summed E-state index contributed by atoms with van der Waals surface area (Å²) in [5, 5.41) is 9.18. The SMILES string of the molecule is COc1ccc2[nH]cc(CCNc3nc(C)cc(Nc4ccc5c(c4)cc(C)n5C)n3)c2c1. The van der Waals surface area contributed by atoms with Crippen LogP contribution in [0.2, 0.25) is 0 Å². The second-order valence-electron chi connectivity index (χ2n) is 8.36. The number of aryl methyl sites for hydroxylation is 3. The molecule has 2 aromatic carbocycles. The molecule has 7 nitrogen and oxygen atoms in total. The van der Waals surface area contributed by atoms with Gasteiger partial charge in [0, 0.05) is 64.7 Å². The molecule has 0 spiro atoms. The van der Waals surface area contributed by atoms with E-state index in [1.54, 1.807) is 7.11 Å². The third-order valence-electron chi connectivity index (χ3n) is 6.06. The van der Waals surface area contributed by atoms with Gasteiger partial charge >= 0.3 is 0 Å². The number of methoxy groups -OCH3 is 1. The van der Waals surface area contributed by atoms with E-state index >= 15 is 0 Å². The van der Waals surface area contributed by atoms with E-state index in [1.165, 1.54) is 27.5 Å². The van der Waals surface area contributed by atoms with E-state index in [1.807, 2.05) is 25.1 Å². The quantitative estimate of drug-likeness (QED) is 0.313. The van der Waals surface area contributed by atoms with Gasteiger partial charge in [0.15, 0.2) is 0 Å². The highest BCUT2D eigenvalue weighted by Crippen LogP contribution is 2.26. The van der Waals surface area contributed by atoms with Crippen molar-refractivity contribution in [2.24, 2.45) is 7.05 Å². The molecule has 168 valence electrons. The van der Waals surface area contributed by atoms with Gasteiger partial charge in [-0.05, 0) is 68.3 Å². The normalized spacial score (nSPS) is 11.3. The van der Waals surface area contributed by atoms with Crippen LogP contribution in [0.25, 0.3) is 21.8 Å². The number of anilines is 3. The zero-order chi connectivity index (χ0) is 22.9. The molecule has 3 heterocycles. The number of benzene rings is 2. The van der Waals surface area contributed by atoms with Gasteiger partial charge in [0.25, 0.3) is 0 Å². The molecule has 0 bridgehead atoms. The number of aromatic nitrogens is 4. The minimum absolute atomic E-state index is 0.617. The lowest BCUT2D eigenvalue weighted by Gasteiger charge is -2.10. The van der Waals surface area contributed by atoms with Gasteiger partial charge in [0.2, 0.25) is 5.95 Å². The number of hydrogen-bond donors (Lipinski definition) is 3. The standard InChI is InChI=1S/C26H28N6O/c1-16-11-25(30-20-5-8-24-19(13-20)12-17(2)32(24)3)31-26(29-16)27-10-9-18-15-28-23-7-6-21(33-4)14-22(18)23/h5-8,11-15,28H,9-10H2,1-4H3,(H2,27,29,30,31). The van der Waals surface area contributed by atoms with E-state index in [0.717, 1.165) is 41.4 Å². The second-order valence-corrected chi connectivity index (χ2v) is 8.36. The van der Waals surface area contributed by atoms with Crippen molar-refractivity contribution in [3.8, 4) is 5.75 Å². The molecule has 0 saturated carbocycles. The Kier molecular flexibility index (Phi) is 5.38. The molecular weight excluding hydrogens is 412 g/mol. The van der Waals surface area contributed by atoms with E-state index in [4.69, 9.17) is 4.74 Å². The Labute approximate surface area is 192 Å². The summed E-state index contributed by atoms with van der Waals surface area (Å²) in [5.41, 5.74) is 6.70. The summed E-state index contributed by atoms with van der Waals surface area (Å²) in [6.45, 7) is 4.82. The number of rotatable bonds is 7. The van der Waals surface area contributed by atoms with Gasteiger partial charge in [-0.2, -0.15) is 4.98 Å². The van der Waals surface area contributed by atoms with Crippen molar-refractivity contribution in [2.75, 3.05) is 24.3 Å². The lowest BCUT2D eigenvalue weighted by molar-refractivity contribution is 0.415. The molecule has 5 rings (SSSR count). The second kappa shape index (κ2) is 8.50. The van der Waals surface area contributed by atoms with E-state index in [2.05, 4.69) is 80.7 Å². The summed E-state index contributed by atoms with van der Waals surface area (Å²) in [7, 11) is 3.78. The van der Waals surface area contributed by atoms with Gasteiger partial charge in [-0.15, -0.1) is 0 Å². The van der Waals surface area contributed by atoms with Crippen LogP contribution in [0.1, 0.15) is 17.0 Å². The van der Waals surface area contributed by atoms with Crippen molar-refractivity contribution in [1.29, 1.82) is 0 Å². The van der Waals surface area contributed by atoms with Crippen LogP contribution < -0.4 is 15.4 Å². The van der Waals surface area contributed by atoms with Crippen molar-refractivity contribution in [1.82, 2.24) is 19.5 Å².